The number of benzene rings is 2. The Morgan fingerprint density at radius 1 is 1.12 bits per heavy atom. The fourth-order valence-corrected chi connectivity index (χ4v) is 4.42. The number of nitrogens with one attached hydrogen (secondary N) is 1. The Morgan fingerprint density at radius 3 is 2.73 bits per heavy atom. The minimum atomic E-state index is -0.174. The summed E-state index contributed by atoms with van der Waals surface area (Å²) in [6, 6.07) is 19.8. The summed E-state index contributed by atoms with van der Waals surface area (Å²) >= 11 is 1.32. The second kappa shape index (κ2) is 9.34. The van der Waals surface area contributed by atoms with Gasteiger partial charge in [0.2, 0.25) is 0 Å². The number of aromatic nitrogens is 1. The van der Waals surface area contributed by atoms with Gasteiger partial charge in [0.05, 0.1) is 12.0 Å². The molecule has 1 aliphatic rings. The minimum Gasteiger partial charge on any atom is -0.497 e. The summed E-state index contributed by atoms with van der Waals surface area (Å²) in [6.45, 7) is 0.613. The average Bonchev–Trinajstić information content (AvgIpc) is 3.42. The third kappa shape index (κ3) is 4.68. The normalized spacial score (nSPS) is 16.0. The lowest BCUT2D eigenvalue weighted by Gasteiger charge is -2.04. The molecule has 1 N–H and O–H groups in total. The van der Waals surface area contributed by atoms with Gasteiger partial charge in [0.1, 0.15) is 17.1 Å². The number of pyridine rings is 1. The van der Waals surface area contributed by atoms with Gasteiger partial charge in [0.15, 0.2) is 5.17 Å². The zero-order valence-corrected chi connectivity index (χ0v) is 18.8. The van der Waals surface area contributed by atoms with Crippen LogP contribution in [0.1, 0.15) is 11.3 Å². The molecular formula is C26H21N3O3S. The molecule has 1 aliphatic heterocycles. The van der Waals surface area contributed by atoms with Crippen LogP contribution in [0.3, 0.4) is 0 Å². The van der Waals surface area contributed by atoms with E-state index < -0.39 is 0 Å². The number of nitrogens with zero attached hydrogens (tertiary/aromatic N) is 2. The molecule has 3 heterocycles. The molecule has 0 radical (unpaired) electrons. The van der Waals surface area contributed by atoms with Crippen LogP contribution < -0.4 is 10.1 Å². The van der Waals surface area contributed by atoms with Crippen molar-refractivity contribution in [2.45, 2.75) is 6.42 Å². The monoisotopic (exact) mass is 455 g/mol. The predicted molar refractivity (Wildman–Crippen MR) is 132 cm³/mol. The third-order valence-electron chi connectivity index (χ3n) is 5.27. The maximum Gasteiger partial charge on any atom is 0.264 e. The van der Waals surface area contributed by atoms with E-state index in [2.05, 4.69) is 27.4 Å². The van der Waals surface area contributed by atoms with E-state index in [0.29, 0.717) is 22.4 Å². The SMILES string of the molecule is COc1ccc(-c2cncc3cc(/C=C4/SC(=NCCc5ccccc5)NC4=O)oc23)cc1. The number of fused-ring (bicyclic) bond motifs is 1. The van der Waals surface area contributed by atoms with Gasteiger partial charge in [-0.2, -0.15) is 0 Å². The van der Waals surface area contributed by atoms with Gasteiger partial charge in [-0.05, 0) is 47.5 Å². The summed E-state index contributed by atoms with van der Waals surface area (Å²) < 4.78 is 11.4. The van der Waals surface area contributed by atoms with Crippen LogP contribution in [0.25, 0.3) is 28.2 Å². The molecule has 1 saturated heterocycles. The number of thioether (sulfide) groups is 1. The van der Waals surface area contributed by atoms with Crippen LogP contribution in [0.2, 0.25) is 0 Å². The Hall–Kier alpha value is -3.84. The number of amidine groups is 1. The number of rotatable bonds is 6. The number of carbonyl (C=O) groups excluding carboxylic acids is 1. The first-order valence-electron chi connectivity index (χ1n) is 10.5. The molecule has 6 nitrogen and oxygen atoms in total. The van der Waals surface area contributed by atoms with Crippen molar-refractivity contribution < 1.29 is 13.9 Å². The summed E-state index contributed by atoms with van der Waals surface area (Å²) in [6.07, 6.45) is 6.10. The van der Waals surface area contributed by atoms with Crippen molar-refractivity contribution in [3.05, 3.63) is 89.3 Å². The van der Waals surface area contributed by atoms with Crippen LogP contribution >= 0.6 is 11.8 Å². The number of hydrogen-bond donors (Lipinski definition) is 1. The number of hydrogen-bond acceptors (Lipinski definition) is 6. The maximum atomic E-state index is 12.4. The van der Waals surface area contributed by atoms with Crippen LogP contribution in [0.4, 0.5) is 0 Å². The smallest absolute Gasteiger partial charge is 0.264 e. The lowest BCUT2D eigenvalue weighted by Crippen LogP contribution is -2.20. The van der Waals surface area contributed by atoms with Crippen molar-refractivity contribution in [2.75, 3.05) is 13.7 Å². The summed E-state index contributed by atoms with van der Waals surface area (Å²) in [5.74, 6) is 1.21. The highest BCUT2D eigenvalue weighted by molar-refractivity contribution is 8.18. The Morgan fingerprint density at radius 2 is 1.94 bits per heavy atom. The van der Waals surface area contributed by atoms with Crippen molar-refractivity contribution in [2.24, 2.45) is 4.99 Å². The molecule has 2 aromatic carbocycles. The molecule has 0 saturated carbocycles. The van der Waals surface area contributed by atoms with E-state index in [4.69, 9.17) is 9.15 Å². The Bertz CT molecular complexity index is 1360. The lowest BCUT2D eigenvalue weighted by molar-refractivity contribution is -0.115. The quantitative estimate of drug-likeness (QED) is 0.399. The van der Waals surface area contributed by atoms with E-state index in [1.165, 1.54) is 17.3 Å². The molecule has 1 fully saturated rings. The summed E-state index contributed by atoms with van der Waals surface area (Å²) in [5.41, 5.74) is 3.80. The van der Waals surface area contributed by atoms with Crippen molar-refractivity contribution >= 4 is 39.9 Å². The molecule has 5 rings (SSSR count). The second-order valence-corrected chi connectivity index (χ2v) is 8.50. The van der Waals surface area contributed by atoms with E-state index >= 15 is 0 Å². The molecule has 4 aromatic rings. The molecule has 0 unspecified atom stereocenters. The highest BCUT2D eigenvalue weighted by atomic mass is 32.2. The Balaban J connectivity index is 1.35. The van der Waals surface area contributed by atoms with Crippen molar-refractivity contribution in [3.63, 3.8) is 0 Å². The number of carbonyl (C=O) groups is 1. The van der Waals surface area contributed by atoms with Crippen molar-refractivity contribution in [1.29, 1.82) is 0 Å². The molecule has 0 aliphatic carbocycles. The second-order valence-electron chi connectivity index (χ2n) is 7.47. The molecular weight excluding hydrogens is 434 g/mol. The van der Waals surface area contributed by atoms with Gasteiger partial charge in [-0.25, -0.2) is 0 Å². The molecule has 0 bridgehead atoms. The highest BCUT2D eigenvalue weighted by Gasteiger charge is 2.24. The fourth-order valence-electron chi connectivity index (χ4n) is 3.59. The largest absolute Gasteiger partial charge is 0.497 e. The molecule has 0 atom stereocenters. The number of amides is 1. The summed E-state index contributed by atoms with van der Waals surface area (Å²) in [5, 5.41) is 4.31. The average molecular weight is 456 g/mol. The van der Waals surface area contributed by atoms with Gasteiger partial charge in [-0.15, -0.1) is 0 Å². The Labute approximate surface area is 195 Å². The van der Waals surface area contributed by atoms with Crippen LogP contribution in [-0.4, -0.2) is 29.7 Å². The molecule has 33 heavy (non-hydrogen) atoms. The maximum absolute atomic E-state index is 12.4. The number of methoxy groups -OCH3 is 1. The zero-order valence-electron chi connectivity index (χ0n) is 17.9. The molecule has 1 amide bonds. The van der Waals surface area contributed by atoms with Gasteiger partial charge in [-0.1, -0.05) is 42.5 Å². The number of ether oxygens (including phenoxy) is 1. The molecule has 164 valence electrons. The van der Waals surface area contributed by atoms with E-state index in [1.807, 2.05) is 48.5 Å². The van der Waals surface area contributed by atoms with E-state index in [1.54, 1.807) is 25.6 Å². The fraction of sp³-hybridized carbons (Fsp3) is 0.115. The van der Waals surface area contributed by atoms with Crippen molar-refractivity contribution in [1.82, 2.24) is 10.3 Å². The molecule has 7 heteroatoms. The van der Waals surface area contributed by atoms with Gasteiger partial charge in [-0.3, -0.25) is 14.8 Å². The first-order chi connectivity index (χ1) is 16.2. The van der Waals surface area contributed by atoms with Crippen LogP contribution in [-0.2, 0) is 11.2 Å². The number of furan rings is 1. The predicted octanol–water partition coefficient (Wildman–Crippen LogP) is 5.31. The van der Waals surface area contributed by atoms with Crippen LogP contribution in [0.5, 0.6) is 5.75 Å². The van der Waals surface area contributed by atoms with E-state index in [0.717, 1.165) is 34.3 Å². The van der Waals surface area contributed by atoms with E-state index in [-0.39, 0.29) is 5.91 Å². The summed E-state index contributed by atoms with van der Waals surface area (Å²) in [4.78, 5) is 21.9. The van der Waals surface area contributed by atoms with Crippen molar-refractivity contribution in [3.8, 4) is 16.9 Å². The minimum absolute atomic E-state index is 0.174. The highest BCUT2D eigenvalue weighted by Crippen LogP contribution is 2.33. The Kier molecular flexibility index (Phi) is 5.95. The van der Waals surface area contributed by atoms with Gasteiger partial charge >= 0.3 is 0 Å². The molecule has 0 spiro atoms. The van der Waals surface area contributed by atoms with Crippen LogP contribution in [0, 0.1) is 0 Å². The first-order valence-corrected chi connectivity index (χ1v) is 11.3. The van der Waals surface area contributed by atoms with Crippen LogP contribution in [0.15, 0.2) is 87.4 Å². The summed E-state index contributed by atoms with van der Waals surface area (Å²) in [7, 11) is 1.64. The van der Waals surface area contributed by atoms with E-state index in [9.17, 15) is 4.79 Å². The lowest BCUT2D eigenvalue weighted by atomic mass is 10.1. The topological polar surface area (TPSA) is 76.7 Å². The number of aliphatic imine (C=N–C) groups is 1. The third-order valence-corrected chi connectivity index (χ3v) is 6.21. The standard InChI is InChI=1S/C26H21N3O3S/c1-31-20-9-7-18(8-10-20)22-16-27-15-19-13-21(32-24(19)22)14-23-25(30)29-26(33-23)28-12-11-17-5-3-2-4-6-17/h2-10,13-16H,11-12H2,1H3,(H,28,29,30)/b23-14+. The van der Waals surface area contributed by atoms with Gasteiger partial charge < -0.3 is 14.5 Å². The molecule has 2 aromatic heterocycles. The van der Waals surface area contributed by atoms with Gasteiger partial charge in [0.25, 0.3) is 5.91 Å². The van der Waals surface area contributed by atoms with Gasteiger partial charge in [0, 0.05) is 36.0 Å². The first kappa shape index (κ1) is 21.0. The zero-order chi connectivity index (χ0) is 22.6.